The average Bonchev–Trinajstić information content (AvgIpc) is 3.62. The summed E-state index contributed by atoms with van der Waals surface area (Å²) in [4.78, 5) is 32.6. The van der Waals surface area contributed by atoms with E-state index >= 15 is 0 Å². The molecule has 6 heterocycles. The van der Waals surface area contributed by atoms with Crippen LogP contribution in [0, 0.1) is 0 Å². The van der Waals surface area contributed by atoms with Crippen LogP contribution >= 0.6 is 0 Å². The molecule has 15 heteroatoms. The number of pyridine rings is 2. The Hall–Kier alpha value is -4.72. The minimum atomic E-state index is 0. The maximum Gasteiger partial charge on any atom is 2.00 e. The fourth-order valence-electron chi connectivity index (χ4n) is 2.77. The summed E-state index contributed by atoms with van der Waals surface area (Å²) in [6, 6.07) is 7.32. The molecule has 6 aromatic rings. The summed E-state index contributed by atoms with van der Waals surface area (Å²) >= 11 is 0. The van der Waals surface area contributed by atoms with E-state index in [1.807, 2.05) is 24.3 Å². The molecule has 37 heavy (non-hydrogen) atoms. The summed E-state index contributed by atoms with van der Waals surface area (Å²) in [7, 11) is 0. The maximum absolute atomic E-state index is 4.30. The normalized spacial score (nSPS) is 9.51. The Kier molecular flexibility index (Phi) is 10.8. The van der Waals surface area contributed by atoms with Gasteiger partial charge < -0.3 is 31.1 Å². The van der Waals surface area contributed by atoms with Gasteiger partial charge in [-0.2, -0.15) is 0 Å². The van der Waals surface area contributed by atoms with E-state index in [4.69, 9.17) is 0 Å². The molecule has 0 radical (unpaired) electrons. The Bertz CT molecular complexity index is 1230. The second-order valence-corrected chi connectivity index (χ2v) is 6.57. The van der Waals surface area contributed by atoms with Crippen molar-refractivity contribution in [1.82, 2.24) is 60.3 Å². The van der Waals surface area contributed by atoms with Gasteiger partial charge in [0.25, 0.3) is 0 Å². The zero-order valence-electron chi connectivity index (χ0n) is 19.3. The Labute approximate surface area is 222 Å². The van der Waals surface area contributed by atoms with Gasteiger partial charge >= 0.3 is 19.5 Å². The van der Waals surface area contributed by atoms with E-state index in [2.05, 4.69) is 60.3 Å². The quantitative estimate of drug-likeness (QED) is 0.210. The van der Waals surface area contributed by atoms with Crippen molar-refractivity contribution < 1.29 is 30.4 Å². The molecule has 0 unspecified atom stereocenters. The molecular formula is C22H20N12O2Zn+2. The van der Waals surface area contributed by atoms with Crippen molar-refractivity contribution in [3.8, 4) is 45.8 Å². The number of hydrogen-bond acceptors (Lipinski definition) is 10. The summed E-state index contributed by atoms with van der Waals surface area (Å²) in [5, 5.41) is 16.0. The second-order valence-electron chi connectivity index (χ2n) is 6.57. The SMILES string of the molecule is [OH3+].[OH3+].[Zn+2].c1cc(-c2nc(-c3cnccn3)n[n-]2)ccn1.c1cc(-c2nc(-c3cnccn3)n[n-]2)ccn1. The van der Waals surface area contributed by atoms with Crippen LogP contribution in [0.2, 0.25) is 0 Å². The fraction of sp³-hybridized carbons (Fsp3) is 0. The standard InChI is InChI=1S/2C11H7N6.2H2O.Zn/c2*1-3-12-4-2-8(1)10-15-11(17-16-10)9-7-13-5-6-14-9;;;/h2*1-7H;2*1H2;/q2*-1;;;+2/p+2. The van der Waals surface area contributed by atoms with Crippen molar-refractivity contribution in [2.24, 2.45) is 0 Å². The first kappa shape index (κ1) is 28.5. The molecule has 0 fully saturated rings. The summed E-state index contributed by atoms with van der Waals surface area (Å²) in [5.74, 6) is 2.08. The Morgan fingerprint density at radius 1 is 0.486 bits per heavy atom. The van der Waals surface area contributed by atoms with Crippen molar-refractivity contribution in [2.75, 3.05) is 0 Å². The topological polar surface area (TPSA) is 223 Å². The van der Waals surface area contributed by atoms with Gasteiger partial charge in [-0.3, -0.25) is 40.1 Å². The van der Waals surface area contributed by atoms with Crippen LogP contribution in [0.3, 0.4) is 0 Å². The van der Waals surface area contributed by atoms with Gasteiger partial charge in [0, 0.05) is 49.6 Å². The molecule has 180 valence electrons. The zero-order chi connectivity index (χ0) is 23.0. The first-order chi connectivity index (χ1) is 16.9. The van der Waals surface area contributed by atoms with Crippen LogP contribution in [-0.2, 0) is 30.4 Å². The molecule has 14 nitrogen and oxygen atoms in total. The molecule has 0 atom stereocenters. The molecule has 6 aromatic heterocycles. The molecule has 0 amide bonds. The molecule has 0 bridgehead atoms. The number of nitrogens with zero attached hydrogens (tertiary/aromatic N) is 12. The van der Waals surface area contributed by atoms with Gasteiger partial charge in [-0.25, -0.2) is 0 Å². The van der Waals surface area contributed by atoms with E-state index in [9.17, 15) is 0 Å². The smallest absolute Gasteiger partial charge is 0.457 e. The van der Waals surface area contributed by atoms with Crippen molar-refractivity contribution in [3.63, 3.8) is 0 Å². The molecule has 6 N–H and O–H groups in total. The third-order valence-corrected chi connectivity index (χ3v) is 4.36. The average molecular weight is 550 g/mol. The van der Waals surface area contributed by atoms with E-state index < -0.39 is 0 Å². The molecule has 0 aromatic carbocycles. The van der Waals surface area contributed by atoms with Crippen molar-refractivity contribution in [2.45, 2.75) is 0 Å². The largest absolute Gasteiger partial charge is 2.00 e. The van der Waals surface area contributed by atoms with Gasteiger partial charge in [0.05, 0.1) is 24.0 Å². The molecule has 6 rings (SSSR count). The Morgan fingerprint density at radius 2 is 0.892 bits per heavy atom. The molecule has 0 aliphatic heterocycles. The molecule has 0 aliphatic rings. The van der Waals surface area contributed by atoms with Gasteiger partial charge in [-0.05, 0) is 47.0 Å². The van der Waals surface area contributed by atoms with Crippen molar-refractivity contribution in [1.29, 1.82) is 0 Å². The van der Waals surface area contributed by atoms with Gasteiger partial charge in [-0.15, -0.1) is 0 Å². The molecule has 0 saturated heterocycles. The van der Waals surface area contributed by atoms with Gasteiger partial charge in [0.2, 0.25) is 0 Å². The summed E-state index contributed by atoms with van der Waals surface area (Å²) in [5.41, 5.74) is 2.98. The van der Waals surface area contributed by atoms with Crippen LogP contribution in [0.4, 0.5) is 0 Å². The van der Waals surface area contributed by atoms with E-state index in [1.54, 1.807) is 62.0 Å². The second kappa shape index (κ2) is 14.0. The molecule has 0 aliphatic carbocycles. The van der Waals surface area contributed by atoms with Gasteiger partial charge in [0.15, 0.2) is 0 Å². The number of hydrogen-bond donors (Lipinski definition) is 0. The minimum absolute atomic E-state index is 0. The van der Waals surface area contributed by atoms with E-state index in [0.717, 1.165) is 11.1 Å². The Balaban J connectivity index is 0.000000241. The van der Waals surface area contributed by atoms with Crippen molar-refractivity contribution in [3.05, 3.63) is 86.2 Å². The van der Waals surface area contributed by atoms with Gasteiger partial charge in [-0.1, -0.05) is 0 Å². The molecular weight excluding hydrogens is 530 g/mol. The van der Waals surface area contributed by atoms with Crippen LogP contribution in [-0.4, -0.2) is 50.1 Å². The summed E-state index contributed by atoms with van der Waals surface area (Å²) < 4.78 is 0. The van der Waals surface area contributed by atoms with E-state index in [1.165, 1.54) is 0 Å². The van der Waals surface area contributed by atoms with Crippen LogP contribution in [0.25, 0.3) is 45.8 Å². The van der Waals surface area contributed by atoms with Gasteiger partial charge in [0.1, 0.15) is 11.4 Å². The molecule has 0 saturated carbocycles. The van der Waals surface area contributed by atoms with Crippen LogP contribution in [0.1, 0.15) is 0 Å². The van der Waals surface area contributed by atoms with Crippen molar-refractivity contribution >= 4 is 0 Å². The van der Waals surface area contributed by atoms with Crippen LogP contribution < -0.4 is 10.2 Å². The monoisotopic (exact) mass is 548 g/mol. The first-order valence-electron chi connectivity index (χ1n) is 9.95. The minimum Gasteiger partial charge on any atom is -0.457 e. The first-order valence-corrected chi connectivity index (χ1v) is 9.95. The number of aromatic nitrogens is 12. The predicted molar refractivity (Wildman–Crippen MR) is 129 cm³/mol. The maximum atomic E-state index is 4.30. The summed E-state index contributed by atoms with van der Waals surface area (Å²) in [6.45, 7) is 0. The van der Waals surface area contributed by atoms with E-state index in [0.29, 0.717) is 34.7 Å². The van der Waals surface area contributed by atoms with Crippen LogP contribution in [0.15, 0.2) is 86.2 Å². The zero-order valence-corrected chi connectivity index (χ0v) is 22.3. The fourth-order valence-corrected chi connectivity index (χ4v) is 2.77. The van der Waals surface area contributed by atoms with E-state index in [-0.39, 0.29) is 30.4 Å². The third-order valence-electron chi connectivity index (χ3n) is 4.36. The third kappa shape index (κ3) is 7.14. The Morgan fingerprint density at radius 3 is 1.24 bits per heavy atom. The molecule has 0 spiro atoms. The summed E-state index contributed by atoms with van der Waals surface area (Å²) in [6.07, 6.45) is 16.4. The van der Waals surface area contributed by atoms with Crippen LogP contribution in [0.5, 0.6) is 0 Å². The number of rotatable bonds is 4. The predicted octanol–water partition coefficient (Wildman–Crippen LogP) is 0.0593.